The van der Waals surface area contributed by atoms with E-state index in [0.717, 1.165) is 27.1 Å². The zero-order valence-corrected chi connectivity index (χ0v) is 13.1. The molecule has 6 heteroatoms. The number of fused-ring (bicyclic) bond motifs is 1. The predicted molar refractivity (Wildman–Crippen MR) is 82.4 cm³/mol. The fourth-order valence-corrected chi connectivity index (χ4v) is 3.42. The maximum atomic E-state index is 12.5. The Morgan fingerprint density at radius 3 is 2.48 bits per heavy atom. The minimum absolute atomic E-state index is 0.150. The Morgan fingerprint density at radius 1 is 1.22 bits per heavy atom. The number of amides is 1. The van der Waals surface area contributed by atoms with Gasteiger partial charge in [0.05, 0.1) is 0 Å². The molecule has 1 fully saturated rings. The lowest BCUT2D eigenvalue weighted by Gasteiger charge is -2.32. The van der Waals surface area contributed by atoms with E-state index in [1.807, 2.05) is 26.0 Å². The second kappa shape index (κ2) is 5.58. The summed E-state index contributed by atoms with van der Waals surface area (Å²) in [5.74, 6) is -1.56. The van der Waals surface area contributed by atoms with Gasteiger partial charge in [-0.15, -0.1) is 0 Å². The molecule has 1 aromatic carbocycles. The molecule has 0 spiro atoms. The van der Waals surface area contributed by atoms with Gasteiger partial charge in [0, 0.05) is 35.6 Å². The molecule has 1 aliphatic rings. The standard InChI is InChI=1S/C17H19F3N2O/c1-10-3-4-14-13(9-10)11(2)15(21-14)12-5-7-22(8-6-12)16(23)17(18,19)20/h3-4,9,12,21H,5-8H2,1-2H3. The molecule has 1 saturated heterocycles. The number of piperidine rings is 1. The third-order valence-corrected chi connectivity index (χ3v) is 4.69. The molecule has 3 rings (SSSR count). The average Bonchev–Trinajstić information content (AvgIpc) is 2.83. The largest absolute Gasteiger partial charge is 0.471 e. The Bertz CT molecular complexity index is 740. The Kier molecular flexibility index (Phi) is 3.86. The normalized spacial score (nSPS) is 17.0. The molecule has 0 radical (unpaired) electrons. The van der Waals surface area contributed by atoms with E-state index in [0.29, 0.717) is 12.8 Å². The quantitative estimate of drug-likeness (QED) is 0.844. The van der Waals surface area contributed by atoms with Crippen LogP contribution in [0.4, 0.5) is 13.2 Å². The van der Waals surface area contributed by atoms with Crippen molar-refractivity contribution in [1.82, 2.24) is 9.88 Å². The highest BCUT2D eigenvalue weighted by Gasteiger charge is 2.43. The van der Waals surface area contributed by atoms with E-state index in [1.54, 1.807) is 0 Å². The number of benzene rings is 1. The van der Waals surface area contributed by atoms with Crippen LogP contribution in [0.3, 0.4) is 0 Å². The van der Waals surface area contributed by atoms with Crippen molar-refractivity contribution < 1.29 is 18.0 Å². The van der Waals surface area contributed by atoms with Crippen LogP contribution in [0.1, 0.15) is 35.6 Å². The van der Waals surface area contributed by atoms with E-state index < -0.39 is 12.1 Å². The first-order chi connectivity index (χ1) is 10.8. The van der Waals surface area contributed by atoms with Gasteiger partial charge < -0.3 is 9.88 Å². The van der Waals surface area contributed by atoms with Gasteiger partial charge >= 0.3 is 12.1 Å². The summed E-state index contributed by atoms with van der Waals surface area (Å²) in [6.07, 6.45) is -3.68. The molecule has 2 heterocycles. The third kappa shape index (κ3) is 2.94. The minimum atomic E-state index is -4.78. The summed E-state index contributed by atoms with van der Waals surface area (Å²) in [6, 6.07) is 6.18. The first kappa shape index (κ1) is 15.9. The zero-order chi connectivity index (χ0) is 16.8. The van der Waals surface area contributed by atoms with Gasteiger partial charge in [-0.05, 0) is 44.4 Å². The van der Waals surface area contributed by atoms with Crippen LogP contribution >= 0.6 is 0 Å². The van der Waals surface area contributed by atoms with Crippen molar-refractivity contribution in [2.75, 3.05) is 13.1 Å². The average molecular weight is 324 g/mol. The van der Waals surface area contributed by atoms with Crippen molar-refractivity contribution in [2.45, 2.75) is 38.8 Å². The second-order valence-corrected chi connectivity index (χ2v) is 6.28. The van der Waals surface area contributed by atoms with E-state index in [4.69, 9.17) is 0 Å². The van der Waals surface area contributed by atoms with Gasteiger partial charge in [0.15, 0.2) is 0 Å². The number of carbonyl (C=O) groups is 1. The summed E-state index contributed by atoms with van der Waals surface area (Å²) in [6.45, 7) is 4.38. The number of aromatic nitrogens is 1. The van der Waals surface area contributed by atoms with Crippen molar-refractivity contribution in [1.29, 1.82) is 0 Å². The summed E-state index contributed by atoms with van der Waals surface area (Å²) in [4.78, 5) is 15.6. The lowest BCUT2D eigenvalue weighted by molar-refractivity contribution is -0.186. The fraction of sp³-hybridized carbons (Fsp3) is 0.471. The number of alkyl halides is 3. The summed E-state index contributed by atoms with van der Waals surface area (Å²) in [5.41, 5.74) is 4.47. The van der Waals surface area contributed by atoms with Crippen molar-refractivity contribution in [3.63, 3.8) is 0 Å². The van der Waals surface area contributed by atoms with Crippen molar-refractivity contribution in [3.8, 4) is 0 Å². The highest BCUT2D eigenvalue weighted by atomic mass is 19.4. The van der Waals surface area contributed by atoms with E-state index in [2.05, 4.69) is 11.1 Å². The third-order valence-electron chi connectivity index (χ3n) is 4.69. The molecule has 0 bridgehead atoms. The maximum Gasteiger partial charge on any atom is 0.471 e. The van der Waals surface area contributed by atoms with Gasteiger partial charge in [-0.25, -0.2) is 0 Å². The first-order valence-corrected chi connectivity index (χ1v) is 7.72. The zero-order valence-electron chi connectivity index (χ0n) is 13.1. The smallest absolute Gasteiger partial charge is 0.358 e. The molecule has 3 nitrogen and oxygen atoms in total. The van der Waals surface area contributed by atoms with Crippen molar-refractivity contribution in [3.05, 3.63) is 35.0 Å². The number of aryl methyl sites for hydroxylation is 2. The van der Waals surface area contributed by atoms with Crippen LogP contribution in [0.25, 0.3) is 10.9 Å². The van der Waals surface area contributed by atoms with Gasteiger partial charge in [0.1, 0.15) is 0 Å². The van der Waals surface area contributed by atoms with Crippen molar-refractivity contribution >= 4 is 16.8 Å². The number of aromatic amines is 1. The van der Waals surface area contributed by atoms with Gasteiger partial charge in [0.25, 0.3) is 0 Å². The Hall–Kier alpha value is -1.98. The monoisotopic (exact) mass is 324 g/mol. The number of halogens is 3. The summed E-state index contributed by atoms with van der Waals surface area (Å²) in [7, 11) is 0. The van der Waals surface area contributed by atoms with Crippen LogP contribution in [0.2, 0.25) is 0 Å². The first-order valence-electron chi connectivity index (χ1n) is 7.72. The van der Waals surface area contributed by atoms with E-state index in [1.165, 1.54) is 5.56 Å². The Morgan fingerprint density at radius 2 is 1.87 bits per heavy atom. The number of hydrogen-bond donors (Lipinski definition) is 1. The molecular formula is C17H19F3N2O. The fourth-order valence-electron chi connectivity index (χ4n) is 3.42. The molecular weight excluding hydrogens is 305 g/mol. The van der Waals surface area contributed by atoms with Crippen LogP contribution in [0, 0.1) is 13.8 Å². The number of rotatable bonds is 1. The molecule has 23 heavy (non-hydrogen) atoms. The number of nitrogens with one attached hydrogen (secondary N) is 1. The molecule has 2 aromatic rings. The topological polar surface area (TPSA) is 36.1 Å². The molecule has 0 atom stereocenters. The van der Waals surface area contributed by atoms with Crippen LogP contribution < -0.4 is 0 Å². The van der Waals surface area contributed by atoms with Gasteiger partial charge in [-0.2, -0.15) is 13.2 Å². The van der Waals surface area contributed by atoms with Crippen LogP contribution in [-0.2, 0) is 4.79 Å². The number of hydrogen-bond acceptors (Lipinski definition) is 1. The van der Waals surface area contributed by atoms with E-state index in [9.17, 15) is 18.0 Å². The Balaban J connectivity index is 1.78. The molecule has 0 aliphatic carbocycles. The summed E-state index contributed by atoms with van der Waals surface area (Å²) < 4.78 is 37.5. The summed E-state index contributed by atoms with van der Waals surface area (Å²) >= 11 is 0. The van der Waals surface area contributed by atoms with Crippen LogP contribution in [0.15, 0.2) is 18.2 Å². The molecule has 1 aromatic heterocycles. The number of nitrogens with zero attached hydrogens (tertiary/aromatic N) is 1. The van der Waals surface area contributed by atoms with Crippen LogP contribution in [-0.4, -0.2) is 35.1 Å². The molecule has 124 valence electrons. The van der Waals surface area contributed by atoms with Crippen molar-refractivity contribution in [2.24, 2.45) is 0 Å². The second-order valence-electron chi connectivity index (χ2n) is 6.28. The summed E-state index contributed by atoms with van der Waals surface area (Å²) in [5, 5.41) is 1.16. The predicted octanol–water partition coefficient (Wildman–Crippen LogP) is 4.05. The molecule has 1 N–H and O–H groups in total. The maximum absolute atomic E-state index is 12.5. The van der Waals surface area contributed by atoms with Crippen LogP contribution in [0.5, 0.6) is 0 Å². The van der Waals surface area contributed by atoms with E-state index in [-0.39, 0.29) is 19.0 Å². The SMILES string of the molecule is Cc1ccc2[nH]c(C3CCN(C(=O)C(F)(F)F)CC3)c(C)c2c1. The van der Waals surface area contributed by atoms with Gasteiger partial charge in [-0.1, -0.05) is 11.6 Å². The molecule has 1 aliphatic heterocycles. The molecule has 0 unspecified atom stereocenters. The number of H-pyrrole nitrogens is 1. The molecule has 1 amide bonds. The highest BCUT2D eigenvalue weighted by Crippen LogP contribution is 2.34. The minimum Gasteiger partial charge on any atom is -0.358 e. The lowest BCUT2D eigenvalue weighted by Crippen LogP contribution is -2.45. The number of carbonyl (C=O) groups excluding carboxylic acids is 1. The van der Waals surface area contributed by atoms with E-state index >= 15 is 0 Å². The highest BCUT2D eigenvalue weighted by molar-refractivity contribution is 5.85. The van der Waals surface area contributed by atoms with Gasteiger partial charge in [0.2, 0.25) is 0 Å². The number of likely N-dealkylation sites (tertiary alicyclic amines) is 1. The van der Waals surface area contributed by atoms with Gasteiger partial charge in [-0.3, -0.25) is 4.79 Å². The Labute approximate surface area is 132 Å². The lowest BCUT2D eigenvalue weighted by atomic mass is 9.91. The molecule has 0 saturated carbocycles.